The maximum Gasteiger partial charge on any atom is 0.228 e. The largest absolute Gasteiger partial charge is 0.325 e. The first kappa shape index (κ1) is 9.19. The van der Waals surface area contributed by atoms with Gasteiger partial charge in [0, 0.05) is 21.0 Å². The van der Waals surface area contributed by atoms with Crippen molar-refractivity contribution in [3.05, 3.63) is 41.3 Å². The van der Waals surface area contributed by atoms with Gasteiger partial charge in [0.15, 0.2) is 0 Å². The van der Waals surface area contributed by atoms with Crippen LogP contribution in [0.5, 0.6) is 0 Å². The van der Waals surface area contributed by atoms with Crippen LogP contribution in [0.1, 0.15) is 5.56 Å². The van der Waals surface area contributed by atoms with E-state index in [2.05, 4.69) is 28.9 Å². The molecule has 1 aliphatic rings. The van der Waals surface area contributed by atoms with Gasteiger partial charge in [0.1, 0.15) is 0 Å². The Kier molecular flexibility index (Phi) is 1.66. The molecule has 0 fully saturated rings. The number of rotatable bonds is 0. The highest BCUT2D eigenvalue weighted by atomic mass is 32.1. The van der Waals surface area contributed by atoms with Crippen LogP contribution in [-0.4, -0.2) is 5.91 Å². The molecule has 2 aromatic carbocycles. The quantitative estimate of drug-likeness (QED) is 0.638. The first-order valence-corrected chi connectivity index (χ1v) is 6.43. The molecule has 0 atom stereocenters. The van der Waals surface area contributed by atoms with Crippen molar-refractivity contribution in [2.45, 2.75) is 6.42 Å². The van der Waals surface area contributed by atoms with E-state index in [9.17, 15) is 4.79 Å². The van der Waals surface area contributed by atoms with Crippen molar-refractivity contribution >= 4 is 43.8 Å². The number of hydrogen-bond acceptors (Lipinski definition) is 2. The molecule has 82 valence electrons. The number of nitrogens with one attached hydrogen (secondary N) is 1. The molecule has 0 aliphatic carbocycles. The summed E-state index contributed by atoms with van der Waals surface area (Å²) in [7, 11) is 0. The number of carbonyl (C=O) groups is 1. The Bertz CT molecular complexity index is 772. The molecule has 2 nitrogen and oxygen atoms in total. The Hall–Kier alpha value is -1.87. The summed E-state index contributed by atoms with van der Waals surface area (Å²) >= 11 is 1.72. The molecule has 17 heavy (non-hydrogen) atoms. The molecule has 1 aromatic heterocycles. The molecule has 0 bridgehead atoms. The predicted molar refractivity (Wildman–Crippen MR) is 71.7 cm³/mol. The number of benzene rings is 2. The lowest BCUT2D eigenvalue weighted by atomic mass is 10.0. The van der Waals surface area contributed by atoms with Gasteiger partial charge in [-0.1, -0.05) is 24.3 Å². The zero-order valence-electron chi connectivity index (χ0n) is 8.99. The van der Waals surface area contributed by atoms with Crippen molar-refractivity contribution in [1.82, 2.24) is 0 Å². The smallest absolute Gasteiger partial charge is 0.228 e. The van der Waals surface area contributed by atoms with E-state index in [4.69, 9.17) is 0 Å². The summed E-state index contributed by atoms with van der Waals surface area (Å²) in [5, 5.41) is 8.73. The second kappa shape index (κ2) is 3.08. The molecule has 0 unspecified atom stereocenters. The molecule has 4 rings (SSSR count). The van der Waals surface area contributed by atoms with Crippen molar-refractivity contribution in [2.24, 2.45) is 0 Å². The highest BCUT2D eigenvalue weighted by molar-refractivity contribution is 7.17. The van der Waals surface area contributed by atoms with E-state index in [1.165, 1.54) is 21.0 Å². The van der Waals surface area contributed by atoms with Crippen molar-refractivity contribution in [1.29, 1.82) is 0 Å². The standard InChI is InChI=1S/C14H9NOS/c16-12-7-11-13(15-12)9-4-2-1-3-8(9)10-5-6-17-14(10)11/h1-6H,7H2,(H,15,16). The Balaban J connectivity index is 2.31. The minimum Gasteiger partial charge on any atom is -0.325 e. The number of amides is 1. The lowest BCUT2D eigenvalue weighted by Gasteiger charge is -2.07. The van der Waals surface area contributed by atoms with Crippen LogP contribution in [0.15, 0.2) is 35.7 Å². The monoisotopic (exact) mass is 239 g/mol. The van der Waals surface area contributed by atoms with Crippen molar-refractivity contribution in [3.8, 4) is 0 Å². The molecule has 2 heterocycles. The zero-order valence-corrected chi connectivity index (χ0v) is 9.80. The molecule has 0 spiro atoms. The minimum absolute atomic E-state index is 0.103. The summed E-state index contributed by atoms with van der Waals surface area (Å²) in [6.45, 7) is 0. The first-order chi connectivity index (χ1) is 8.34. The van der Waals surface area contributed by atoms with Gasteiger partial charge in [-0.05, 0) is 16.8 Å². The molecule has 3 aromatic rings. The first-order valence-electron chi connectivity index (χ1n) is 5.55. The van der Waals surface area contributed by atoms with E-state index in [-0.39, 0.29) is 5.91 Å². The SMILES string of the molecule is O=C1Cc2c(c3ccccc3c3ccsc23)N1. The van der Waals surface area contributed by atoms with Gasteiger partial charge in [0.25, 0.3) is 0 Å². The fraction of sp³-hybridized carbons (Fsp3) is 0.0714. The van der Waals surface area contributed by atoms with Gasteiger partial charge in [-0.2, -0.15) is 0 Å². The maximum absolute atomic E-state index is 11.6. The van der Waals surface area contributed by atoms with Crippen molar-refractivity contribution in [2.75, 3.05) is 5.32 Å². The number of fused-ring (bicyclic) bond motifs is 6. The maximum atomic E-state index is 11.6. The number of carbonyl (C=O) groups excluding carboxylic acids is 1. The fourth-order valence-corrected chi connectivity index (χ4v) is 3.58. The van der Waals surface area contributed by atoms with Crippen LogP contribution in [-0.2, 0) is 11.2 Å². The van der Waals surface area contributed by atoms with E-state index in [0.29, 0.717) is 6.42 Å². The van der Waals surface area contributed by atoms with E-state index in [1.54, 1.807) is 11.3 Å². The lowest BCUT2D eigenvalue weighted by molar-refractivity contribution is -0.115. The average Bonchev–Trinajstić information content (AvgIpc) is 2.94. The Morgan fingerprint density at radius 3 is 2.76 bits per heavy atom. The van der Waals surface area contributed by atoms with Crippen LogP contribution < -0.4 is 5.32 Å². The summed E-state index contributed by atoms with van der Waals surface area (Å²) in [5.41, 5.74) is 2.18. The van der Waals surface area contributed by atoms with Gasteiger partial charge < -0.3 is 5.32 Å². The van der Waals surface area contributed by atoms with Crippen LogP contribution in [0.2, 0.25) is 0 Å². The second-order valence-electron chi connectivity index (χ2n) is 4.29. The third-order valence-corrected chi connectivity index (χ3v) is 4.30. The summed E-state index contributed by atoms with van der Waals surface area (Å²) in [4.78, 5) is 11.6. The zero-order chi connectivity index (χ0) is 11.4. The van der Waals surface area contributed by atoms with Gasteiger partial charge in [-0.15, -0.1) is 11.3 Å². The normalized spacial score (nSPS) is 14.2. The minimum atomic E-state index is 0.103. The Labute approximate surface area is 102 Å². The Morgan fingerprint density at radius 2 is 1.88 bits per heavy atom. The van der Waals surface area contributed by atoms with Crippen LogP contribution in [0.3, 0.4) is 0 Å². The molecular weight excluding hydrogens is 230 g/mol. The van der Waals surface area contributed by atoms with E-state index < -0.39 is 0 Å². The lowest BCUT2D eigenvalue weighted by Crippen LogP contribution is -2.03. The number of hydrogen-bond donors (Lipinski definition) is 1. The van der Waals surface area contributed by atoms with Gasteiger partial charge >= 0.3 is 0 Å². The van der Waals surface area contributed by atoms with Crippen molar-refractivity contribution in [3.63, 3.8) is 0 Å². The molecule has 1 amide bonds. The molecular formula is C14H9NOS. The highest BCUT2D eigenvalue weighted by Crippen LogP contribution is 2.41. The summed E-state index contributed by atoms with van der Waals surface area (Å²) < 4.78 is 1.25. The van der Waals surface area contributed by atoms with E-state index in [0.717, 1.165) is 11.1 Å². The van der Waals surface area contributed by atoms with Gasteiger partial charge in [0.05, 0.1) is 12.1 Å². The third kappa shape index (κ3) is 1.12. The summed E-state index contributed by atoms with van der Waals surface area (Å²) in [6, 6.07) is 10.4. The molecule has 3 heteroatoms. The topological polar surface area (TPSA) is 29.1 Å². The molecule has 1 N–H and O–H groups in total. The molecule has 1 aliphatic heterocycles. The van der Waals surface area contributed by atoms with Gasteiger partial charge in [-0.3, -0.25) is 4.79 Å². The predicted octanol–water partition coefficient (Wildman–Crippen LogP) is 3.55. The molecule has 0 radical (unpaired) electrons. The molecule has 0 saturated carbocycles. The number of anilines is 1. The highest BCUT2D eigenvalue weighted by Gasteiger charge is 2.23. The van der Waals surface area contributed by atoms with Crippen LogP contribution in [0.4, 0.5) is 5.69 Å². The summed E-state index contributed by atoms with van der Waals surface area (Å²) in [6.07, 6.45) is 0.511. The third-order valence-electron chi connectivity index (χ3n) is 3.33. The fourth-order valence-electron chi connectivity index (χ4n) is 2.62. The Morgan fingerprint density at radius 1 is 1.06 bits per heavy atom. The van der Waals surface area contributed by atoms with Crippen LogP contribution >= 0.6 is 11.3 Å². The van der Waals surface area contributed by atoms with Gasteiger partial charge in [0.2, 0.25) is 5.91 Å². The average molecular weight is 239 g/mol. The van der Waals surface area contributed by atoms with Crippen molar-refractivity contribution < 1.29 is 4.79 Å². The van der Waals surface area contributed by atoms with E-state index >= 15 is 0 Å². The molecule has 0 saturated heterocycles. The second-order valence-corrected chi connectivity index (χ2v) is 5.20. The number of thiophene rings is 1. The van der Waals surface area contributed by atoms with Crippen LogP contribution in [0, 0.1) is 0 Å². The van der Waals surface area contributed by atoms with Crippen LogP contribution in [0.25, 0.3) is 20.9 Å². The summed E-state index contributed by atoms with van der Waals surface area (Å²) in [5.74, 6) is 0.103. The van der Waals surface area contributed by atoms with Gasteiger partial charge in [-0.25, -0.2) is 0 Å². The van der Waals surface area contributed by atoms with E-state index in [1.807, 2.05) is 12.1 Å².